The van der Waals surface area contributed by atoms with Crippen LogP contribution in [0.15, 0.2) is 30.3 Å². The van der Waals surface area contributed by atoms with Gasteiger partial charge < -0.3 is 20.3 Å². The van der Waals surface area contributed by atoms with E-state index < -0.39 is 0 Å². The van der Waals surface area contributed by atoms with Crippen molar-refractivity contribution in [3.8, 4) is 0 Å². The van der Waals surface area contributed by atoms with Crippen molar-refractivity contribution in [2.75, 3.05) is 59.0 Å². The molecule has 0 radical (unpaired) electrons. The Bertz CT molecular complexity index is 534. The highest BCUT2D eigenvalue weighted by atomic mass is 16.5. The minimum absolute atomic E-state index is 0.000584. The van der Waals surface area contributed by atoms with E-state index in [1.165, 1.54) is 5.56 Å². The number of carbonyl (C=O) groups is 1. The molecule has 2 aliphatic heterocycles. The quantitative estimate of drug-likeness (QED) is 0.668. The molecule has 1 aromatic carbocycles. The molecule has 2 fully saturated rings. The van der Waals surface area contributed by atoms with E-state index in [2.05, 4.69) is 44.7 Å². The Kier molecular flexibility index (Phi) is 7.88. The van der Waals surface area contributed by atoms with Crippen molar-refractivity contribution in [3.05, 3.63) is 35.9 Å². The molecule has 2 aliphatic rings. The van der Waals surface area contributed by atoms with E-state index >= 15 is 0 Å². The van der Waals surface area contributed by atoms with Gasteiger partial charge in [-0.15, -0.1) is 0 Å². The summed E-state index contributed by atoms with van der Waals surface area (Å²) in [5, 5.41) is 6.41. The molecule has 1 aromatic rings. The molecule has 2 saturated heterocycles. The number of amides is 1. The van der Waals surface area contributed by atoms with Crippen molar-refractivity contribution >= 4 is 5.91 Å². The first kappa shape index (κ1) is 19.3. The van der Waals surface area contributed by atoms with Crippen LogP contribution < -0.4 is 10.6 Å². The third kappa shape index (κ3) is 6.68. The van der Waals surface area contributed by atoms with Crippen molar-refractivity contribution in [3.63, 3.8) is 0 Å². The van der Waals surface area contributed by atoms with E-state index in [-0.39, 0.29) is 12.0 Å². The maximum atomic E-state index is 12.2. The standard InChI is InChI=1S/C20H32N4O2/c25-20(22-7-4-10-23-11-8-21-9-12-23)15-19-17-24(13-14-26-19)16-18-5-2-1-3-6-18/h1-3,5-6,19,21H,4,7-17H2,(H,22,25). The van der Waals surface area contributed by atoms with Crippen LogP contribution in [-0.2, 0) is 16.1 Å². The minimum atomic E-state index is 0.000584. The van der Waals surface area contributed by atoms with Gasteiger partial charge in [0, 0.05) is 52.4 Å². The Balaban J connectivity index is 1.30. The third-order valence-corrected chi connectivity index (χ3v) is 5.07. The lowest BCUT2D eigenvalue weighted by Crippen LogP contribution is -2.45. The number of nitrogens with one attached hydrogen (secondary N) is 2. The summed E-state index contributed by atoms with van der Waals surface area (Å²) in [5.41, 5.74) is 1.31. The zero-order valence-electron chi connectivity index (χ0n) is 15.7. The van der Waals surface area contributed by atoms with Crippen LogP contribution >= 0.6 is 0 Å². The Morgan fingerprint density at radius 3 is 2.77 bits per heavy atom. The number of nitrogens with zero attached hydrogens (tertiary/aromatic N) is 2. The van der Waals surface area contributed by atoms with Crippen molar-refractivity contribution in [1.29, 1.82) is 0 Å². The van der Waals surface area contributed by atoms with Gasteiger partial charge in [0.05, 0.1) is 19.1 Å². The largest absolute Gasteiger partial charge is 0.375 e. The maximum absolute atomic E-state index is 12.2. The third-order valence-electron chi connectivity index (χ3n) is 5.07. The van der Waals surface area contributed by atoms with Gasteiger partial charge in [0.15, 0.2) is 0 Å². The number of ether oxygens (including phenoxy) is 1. The fourth-order valence-electron chi connectivity index (χ4n) is 3.63. The van der Waals surface area contributed by atoms with Gasteiger partial charge in [-0.25, -0.2) is 0 Å². The smallest absolute Gasteiger partial charge is 0.222 e. The Labute approximate surface area is 156 Å². The number of hydrogen-bond donors (Lipinski definition) is 2. The minimum Gasteiger partial charge on any atom is -0.375 e. The highest BCUT2D eigenvalue weighted by Crippen LogP contribution is 2.12. The van der Waals surface area contributed by atoms with Crippen LogP contribution in [0.3, 0.4) is 0 Å². The highest BCUT2D eigenvalue weighted by molar-refractivity contribution is 5.76. The van der Waals surface area contributed by atoms with Crippen LogP contribution in [0.1, 0.15) is 18.4 Å². The fraction of sp³-hybridized carbons (Fsp3) is 0.650. The van der Waals surface area contributed by atoms with Gasteiger partial charge in [-0.3, -0.25) is 9.69 Å². The summed E-state index contributed by atoms with van der Waals surface area (Å²) in [6.07, 6.45) is 1.47. The second kappa shape index (κ2) is 10.6. The van der Waals surface area contributed by atoms with Gasteiger partial charge in [-0.1, -0.05) is 30.3 Å². The second-order valence-electron chi connectivity index (χ2n) is 7.21. The molecule has 144 valence electrons. The number of carbonyl (C=O) groups excluding carboxylic acids is 1. The molecular formula is C20H32N4O2. The van der Waals surface area contributed by atoms with E-state index in [0.29, 0.717) is 13.0 Å². The van der Waals surface area contributed by atoms with Gasteiger partial charge in [0.1, 0.15) is 0 Å². The zero-order valence-corrected chi connectivity index (χ0v) is 15.7. The molecule has 0 saturated carbocycles. The van der Waals surface area contributed by atoms with Crippen LogP contribution in [0.4, 0.5) is 0 Å². The lowest BCUT2D eigenvalue weighted by Gasteiger charge is -2.32. The second-order valence-corrected chi connectivity index (χ2v) is 7.21. The summed E-state index contributed by atoms with van der Waals surface area (Å²) in [6.45, 7) is 9.56. The van der Waals surface area contributed by atoms with Crippen LogP contribution in [0.25, 0.3) is 0 Å². The molecule has 1 amide bonds. The van der Waals surface area contributed by atoms with Crippen LogP contribution in [-0.4, -0.2) is 80.8 Å². The highest BCUT2D eigenvalue weighted by Gasteiger charge is 2.22. The summed E-state index contributed by atoms with van der Waals surface area (Å²) in [6, 6.07) is 10.5. The lowest BCUT2D eigenvalue weighted by molar-refractivity contribution is -0.126. The van der Waals surface area contributed by atoms with Crippen molar-refractivity contribution in [1.82, 2.24) is 20.4 Å². The number of rotatable bonds is 8. The predicted octanol–water partition coefficient (Wildman–Crippen LogP) is 0.689. The molecule has 0 aliphatic carbocycles. The fourth-order valence-corrected chi connectivity index (χ4v) is 3.63. The molecular weight excluding hydrogens is 328 g/mol. The molecule has 1 atom stereocenters. The summed E-state index contributed by atoms with van der Waals surface area (Å²) < 4.78 is 5.80. The molecule has 0 aromatic heterocycles. The van der Waals surface area contributed by atoms with Crippen molar-refractivity contribution < 1.29 is 9.53 Å². The SMILES string of the molecule is O=C(CC1CN(Cc2ccccc2)CCO1)NCCCN1CCNCC1. The van der Waals surface area contributed by atoms with Crippen LogP contribution in [0.5, 0.6) is 0 Å². The topological polar surface area (TPSA) is 56.8 Å². The van der Waals surface area contributed by atoms with Gasteiger partial charge >= 0.3 is 0 Å². The van der Waals surface area contributed by atoms with Gasteiger partial charge in [-0.2, -0.15) is 0 Å². The average Bonchev–Trinajstić information content (AvgIpc) is 2.67. The van der Waals surface area contributed by atoms with E-state index in [1.54, 1.807) is 0 Å². The summed E-state index contributed by atoms with van der Waals surface area (Å²) in [5.74, 6) is 0.108. The number of benzene rings is 1. The van der Waals surface area contributed by atoms with E-state index in [4.69, 9.17) is 4.74 Å². The predicted molar refractivity (Wildman–Crippen MR) is 103 cm³/mol. The molecule has 0 spiro atoms. The average molecular weight is 361 g/mol. The molecule has 6 heteroatoms. The van der Waals surface area contributed by atoms with Gasteiger partial charge in [0.2, 0.25) is 5.91 Å². The molecule has 2 N–H and O–H groups in total. The summed E-state index contributed by atoms with van der Waals surface area (Å²) in [4.78, 5) is 17.0. The van der Waals surface area contributed by atoms with Crippen molar-refractivity contribution in [2.45, 2.75) is 25.5 Å². The molecule has 6 nitrogen and oxygen atoms in total. The molecule has 26 heavy (non-hydrogen) atoms. The maximum Gasteiger partial charge on any atom is 0.222 e. The first-order valence-electron chi connectivity index (χ1n) is 9.87. The summed E-state index contributed by atoms with van der Waals surface area (Å²) in [7, 11) is 0. The van der Waals surface area contributed by atoms with E-state index in [9.17, 15) is 4.79 Å². The molecule has 3 rings (SSSR count). The van der Waals surface area contributed by atoms with Gasteiger partial charge in [0.25, 0.3) is 0 Å². The molecule has 2 heterocycles. The Hall–Kier alpha value is -1.47. The van der Waals surface area contributed by atoms with E-state index in [0.717, 1.165) is 65.3 Å². The lowest BCUT2D eigenvalue weighted by atomic mass is 10.1. The Morgan fingerprint density at radius 1 is 1.15 bits per heavy atom. The number of morpholine rings is 1. The van der Waals surface area contributed by atoms with E-state index in [1.807, 2.05) is 6.07 Å². The van der Waals surface area contributed by atoms with Gasteiger partial charge in [-0.05, 0) is 18.5 Å². The Morgan fingerprint density at radius 2 is 1.96 bits per heavy atom. The summed E-state index contributed by atoms with van der Waals surface area (Å²) >= 11 is 0. The number of hydrogen-bond acceptors (Lipinski definition) is 5. The molecule has 0 bridgehead atoms. The monoisotopic (exact) mass is 360 g/mol. The van der Waals surface area contributed by atoms with Crippen LogP contribution in [0, 0.1) is 0 Å². The van der Waals surface area contributed by atoms with Crippen molar-refractivity contribution in [2.24, 2.45) is 0 Å². The zero-order chi connectivity index (χ0) is 18.0. The number of piperazine rings is 1. The first-order valence-corrected chi connectivity index (χ1v) is 9.87. The normalized spacial score (nSPS) is 22.2. The first-order chi connectivity index (χ1) is 12.8. The van der Waals surface area contributed by atoms with Crippen LogP contribution in [0.2, 0.25) is 0 Å². The molecule has 1 unspecified atom stereocenters.